The van der Waals surface area contributed by atoms with E-state index in [1.165, 1.54) is 19.2 Å². The molecule has 0 unspecified atom stereocenters. The molecule has 6 nitrogen and oxygen atoms in total. The monoisotopic (exact) mass is 362 g/mol. The minimum atomic E-state index is -0.715. The Labute approximate surface area is 147 Å². The van der Waals surface area contributed by atoms with Gasteiger partial charge in [0, 0.05) is 10.6 Å². The van der Waals surface area contributed by atoms with Gasteiger partial charge in [-0.1, -0.05) is 11.6 Å². The summed E-state index contributed by atoms with van der Waals surface area (Å²) in [6, 6.07) is 10.6. The van der Waals surface area contributed by atoms with Gasteiger partial charge in [-0.3, -0.25) is 0 Å². The van der Waals surface area contributed by atoms with Crippen molar-refractivity contribution in [2.24, 2.45) is 0 Å². The molecule has 0 bridgehead atoms. The molecule has 0 saturated heterocycles. The Hall–Kier alpha value is -2.93. The topological polar surface area (TPSA) is 74.5 Å². The lowest BCUT2D eigenvalue weighted by molar-refractivity contribution is 0.0438. The zero-order valence-corrected chi connectivity index (χ0v) is 13.8. The van der Waals surface area contributed by atoms with E-state index in [2.05, 4.69) is 10.2 Å². The van der Waals surface area contributed by atoms with E-state index in [0.29, 0.717) is 10.6 Å². The normalized spacial score (nSPS) is 10.5. The van der Waals surface area contributed by atoms with Crippen molar-refractivity contribution in [2.75, 3.05) is 7.11 Å². The minimum absolute atomic E-state index is 0.0426. The van der Waals surface area contributed by atoms with Crippen molar-refractivity contribution < 1.29 is 23.1 Å². The highest BCUT2D eigenvalue weighted by Gasteiger charge is 2.14. The molecule has 1 heterocycles. The number of carbonyl (C=O) groups is 1. The zero-order chi connectivity index (χ0) is 17.8. The van der Waals surface area contributed by atoms with Crippen LogP contribution in [0.4, 0.5) is 4.39 Å². The van der Waals surface area contributed by atoms with Crippen LogP contribution in [0.3, 0.4) is 0 Å². The number of carbonyl (C=O) groups excluding carboxylic acids is 1. The molecule has 8 heteroatoms. The van der Waals surface area contributed by atoms with Crippen molar-refractivity contribution in [2.45, 2.75) is 6.61 Å². The van der Waals surface area contributed by atoms with Crippen LogP contribution in [-0.2, 0) is 11.3 Å². The van der Waals surface area contributed by atoms with Crippen LogP contribution in [-0.4, -0.2) is 23.3 Å². The number of hydrogen-bond acceptors (Lipinski definition) is 6. The highest BCUT2D eigenvalue weighted by Crippen LogP contribution is 2.21. The maximum Gasteiger partial charge on any atom is 0.338 e. The van der Waals surface area contributed by atoms with E-state index in [1.54, 1.807) is 24.3 Å². The van der Waals surface area contributed by atoms with E-state index in [9.17, 15) is 9.18 Å². The van der Waals surface area contributed by atoms with Gasteiger partial charge in [-0.05, 0) is 42.5 Å². The Bertz CT molecular complexity index is 896. The highest BCUT2D eigenvalue weighted by molar-refractivity contribution is 6.30. The first-order valence-corrected chi connectivity index (χ1v) is 7.53. The number of hydrogen-bond donors (Lipinski definition) is 0. The van der Waals surface area contributed by atoms with Gasteiger partial charge in [-0.25, -0.2) is 9.18 Å². The summed E-state index contributed by atoms with van der Waals surface area (Å²) in [5.74, 6) is -0.931. The summed E-state index contributed by atoms with van der Waals surface area (Å²) in [6.45, 7) is -0.229. The maximum atomic E-state index is 13.6. The molecule has 0 spiro atoms. The van der Waals surface area contributed by atoms with Gasteiger partial charge in [-0.2, -0.15) is 0 Å². The zero-order valence-electron chi connectivity index (χ0n) is 13.0. The van der Waals surface area contributed by atoms with E-state index in [-0.39, 0.29) is 29.7 Å². The quantitative estimate of drug-likeness (QED) is 0.641. The van der Waals surface area contributed by atoms with Crippen LogP contribution in [0.2, 0.25) is 5.02 Å². The molecule has 25 heavy (non-hydrogen) atoms. The first kappa shape index (κ1) is 16.9. The average Bonchev–Trinajstić information content (AvgIpc) is 3.09. The van der Waals surface area contributed by atoms with Gasteiger partial charge < -0.3 is 13.9 Å². The van der Waals surface area contributed by atoms with Crippen molar-refractivity contribution in [1.29, 1.82) is 0 Å². The van der Waals surface area contributed by atoms with Gasteiger partial charge >= 0.3 is 5.97 Å². The standard InChI is InChI=1S/C17H12ClFN2O4/c1-23-14-7-4-11(8-13(14)19)17(22)24-9-15-20-21-16(25-15)10-2-5-12(18)6-3-10/h2-8H,9H2,1H3. The average molecular weight is 363 g/mol. The summed E-state index contributed by atoms with van der Waals surface area (Å²) in [7, 11) is 1.34. The van der Waals surface area contributed by atoms with E-state index < -0.39 is 11.8 Å². The molecule has 0 radical (unpaired) electrons. The van der Waals surface area contributed by atoms with E-state index in [1.807, 2.05) is 0 Å². The fraction of sp³-hybridized carbons (Fsp3) is 0.118. The van der Waals surface area contributed by atoms with Crippen LogP contribution < -0.4 is 4.74 Å². The lowest BCUT2D eigenvalue weighted by atomic mass is 10.2. The lowest BCUT2D eigenvalue weighted by Crippen LogP contribution is -2.06. The van der Waals surface area contributed by atoms with Gasteiger partial charge in [0.1, 0.15) is 0 Å². The molecule has 128 valence electrons. The Morgan fingerprint density at radius 2 is 1.96 bits per heavy atom. The van der Waals surface area contributed by atoms with Crippen LogP contribution in [0, 0.1) is 5.82 Å². The Kier molecular flexibility index (Phi) is 4.95. The van der Waals surface area contributed by atoms with Gasteiger partial charge in [0.15, 0.2) is 18.2 Å². The van der Waals surface area contributed by atoms with Gasteiger partial charge in [0.25, 0.3) is 5.89 Å². The molecular formula is C17H12ClFN2O4. The third-order valence-electron chi connectivity index (χ3n) is 3.27. The molecule has 0 amide bonds. The van der Waals surface area contributed by atoms with E-state index in [4.69, 9.17) is 25.5 Å². The lowest BCUT2D eigenvalue weighted by Gasteiger charge is -2.05. The van der Waals surface area contributed by atoms with Gasteiger partial charge in [0.2, 0.25) is 5.89 Å². The smallest absolute Gasteiger partial charge is 0.338 e. The molecule has 2 aromatic carbocycles. The summed E-state index contributed by atoms with van der Waals surface area (Å²) in [5.41, 5.74) is 0.738. The third kappa shape index (κ3) is 3.95. The Morgan fingerprint density at radius 1 is 1.20 bits per heavy atom. The first-order chi connectivity index (χ1) is 12.1. The molecule has 0 saturated carbocycles. The van der Waals surface area contributed by atoms with Gasteiger partial charge in [0.05, 0.1) is 12.7 Å². The maximum absolute atomic E-state index is 13.6. The second-order valence-electron chi connectivity index (χ2n) is 4.93. The summed E-state index contributed by atoms with van der Waals surface area (Å²) in [4.78, 5) is 11.9. The molecule has 0 N–H and O–H groups in total. The first-order valence-electron chi connectivity index (χ1n) is 7.16. The molecular weight excluding hydrogens is 351 g/mol. The van der Waals surface area contributed by atoms with Crippen LogP contribution in [0.5, 0.6) is 5.75 Å². The second-order valence-corrected chi connectivity index (χ2v) is 5.37. The number of halogens is 2. The number of esters is 1. The molecule has 0 aliphatic rings. The van der Waals surface area contributed by atoms with Crippen molar-refractivity contribution in [1.82, 2.24) is 10.2 Å². The number of aromatic nitrogens is 2. The predicted molar refractivity (Wildman–Crippen MR) is 86.8 cm³/mol. The summed E-state index contributed by atoms with van der Waals surface area (Å²) in [5, 5.41) is 8.27. The largest absolute Gasteiger partial charge is 0.494 e. The fourth-order valence-electron chi connectivity index (χ4n) is 2.03. The van der Waals surface area contributed by atoms with Crippen LogP contribution in [0.15, 0.2) is 46.9 Å². The Balaban J connectivity index is 1.65. The summed E-state index contributed by atoms with van der Waals surface area (Å²) >= 11 is 5.82. The number of rotatable bonds is 5. The fourth-order valence-corrected chi connectivity index (χ4v) is 2.15. The Morgan fingerprint density at radius 3 is 2.64 bits per heavy atom. The van der Waals surface area contributed by atoms with Crippen molar-refractivity contribution in [3.05, 3.63) is 64.8 Å². The van der Waals surface area contributed by atoms with Crippen molar-refractivity contribution >= 4 is 17.6 Å². The summed E-state index contributed by atoms with van der Waals surface area (Å²) in [6.07, 6.45) is 0. The predicted octanol–water partition coefficient (Wildman–Crippen LogP) is 3.89. The number of methoxy groups -OCH3 is 1. The van der Waals surface area contributed by atoms with E-state index in [0.717, 1.165) is 6.07 Å². The minimum Gasteiger partial charge on any atom is -0.494 e. The molecule has 0 atom stereocenters. The van der Waals surface area contributed by atoms with Crippen molar-refractivity contribution in [3.8, 4) is 17.2 Å². The second kappa shape index (κ2) is 7.31. The SMILES string of the molecule is COc1ccc(C(=O)OCc2nnc(-c3ccc(Cl)cc3)o2)cc1F. The molecule has 0 fully saturated rings. The van der Waals surface area contributed by atoms with Crippen molar-refractivity contribution in [3.63, 3.8) is 0 Å². The number of ether oxygens (including phenoxy) is 2. The molecule has 3 aromatic rings. The molecule has 0 aliphatic carbocycles. The molecule has 0 aliphatic heterocycles. The van der Waals surface area contributed by atoms with Crippen LogP contribution in [0.25, 0.3) is 11.5 Å². The van der Waals surface area contributed by atoms with Crippen LogP contribution >= 0.6 is 11.6 Å². The number of nitrogens with zero attached hydrogens (tertiary/aromatic N) is 2. The number of benzene rings is 2. The summed E-state index contributed by atoms with van der Waals surface area (Å²) < 4.78 is 28.9. The highest BCUT2D eigenvalue weighted by atomic mass is 35.5. The van der Waals surface area contributed by atoms with Gasteiger partial charge in [-0.15, -0.1) is 10.2 Å². The molecule has 1 aromatic heterocycles. The third-order valence-corrected chi connectivity index (χ3v) is 3.52. The molecule has 3 rings (SSSR count). The van der Waals surface area contributed by atoms with E-state index >= 15 is 0 Å². The van der Waals surface area contributed by atoms with Crippen LogP contribution in [0.1, 0.15) is 16.2 Å².